The number of phenols is 1. The van der Waals surface area contributed by atoms with Crippen LogP contribution in [0.15, 0.2) is 65.0 Å². The van der Waals surface area contributed by atoms with Crippen LogP contribution in [0.4, 0.5) is 5.69 Å². The third kappa shape index (κ3) is 4.76. The number of carbonyl (C=O) groups excluding carboxylic acids is 2. The van der Waals surface area contributed by atoms with Gasteiger partial charge in [-0.1, -0.05) is 32.0 Å². The van der Waals surface area contributed by atoms with E-state index in [0.29, 0.717) is 59.0 Å². The molecule has 1 amide bonds. The minimum atomic E-state index is -0.607. The highest BCUT2D eigenvalue weighted by atomic mass is 16.5. The third-order valence-corrected chi connectivity index (χ3v) is 6.46. The second kappa shape index (κ2) is 9.49. The first kappa shape index (κ1) is 24.4. The first-order chi connectivity index (χ1) is 16.6. The molecule has 0 saturated carbocycles. The number of amides is 1. The molecule has 0 fully saturated rings. The maximum Gasteiger partial charge on any atom is 0.254 e. The number of rotatable bonds is 6. The Hall–Kier alpha value is -3.74. The number of aromatic hydroxyl groups is 1. The number of allylic oxidation sites excluding steroid dienone is 3. The molecule has 0 bridgehead atoms. The molecule has 7 nitrogen and oxygen atoms in total. The van der Waals surface area contributed by atoms with Crippen molar-refractivity contribution < 1.29 is 24.2 Å². The smallest absolute Gasteiger partial charge is 0.254 e. The van der Waals surface area contributed by atoms with E-state index in [2.05, 4.69) is 24.5 Å². The van der Waals surface area contributed by atoms with E-state index in [-0.39, 0.29) is 22.9 Å². The molecule has 1 atom stereocenters. The topological polar surface area (TPSA) is 96.9 Å². The van der Waals surface area contributed by atoms with E-state index in [9.17, 15) is 14.7 Å². The van der Waals surface area contributed by atoms with E-state index >= 15 is 0 Å². The summed E-state index contributed by atoms with van der Waals surface area (Å²) in [6.07, 6.45) is 1.08. The summed E-state index contributed by atoms with van der Waals surface area (Å²) in [6, 6.07) is 12.2. The van der Waals surface area contributed by atoms with Gasteiger partial charge in [-0.3, -0.25) is 9.59 Å². The van der Waals surface area contributed by atoms with E-state index in [0.717, 1.165) is 5.70 Å². The van der Waals surface area contributed by atoms with Gasteiger partial charge in [0.25, 0.3) is 5.91 Å². The van der Waals surface area contributed by atoms with Gasteiger partial charge in [0.15, 0.2) is 17.3 Å². The highest BCUT2D eigenvalue weighted by Gasteiger charge is 2.43. The monoisotopic (exact) mass is 476 g/mol. The summed E-state index contributed by atoms with van der Waals surface area (Å²) in [5, 5.41) is 16.6. The van der Waals surface area contributed by atoms with Gasteiger partial charge in [0.1, 0.15) is 5.75 Å². The fourth-order valence-corrected chi connectivity index (χ4v) is 4.99. The van der Waals surface area contributed by atoms with Crippen LogP contribution in [-0.4, -0.2) is 30.5 Å². The Morgan fingerprint density at radius 2 is 1.91 bits per heavy atom. The van der Waals surface area contributed by atoms with Gasteiger partial charge < -0.3 is 25.2 Å². The normalized spacial score (nSPS) is 19.1. The number of benzene rings is 2. The van der Waals surface area contributed by atoms with E-state index < -0.39 is 5.92 Å². The largest absolute Gasteiger partial charge is 0.504 e. The number of ketones is 1. The van der Waals surface area contributed by atoms with Gasteiger partial charge in [-0.25, -0.2) is 0 Å². The van der Waals surface area contributed by atoms with Crippen molar-refractivity contribution in [3.8, 4) is 17.2 Å². The Kier molecular flexibility index (Phi) is 6.61. The minimum absolute atomic E-state index is 0.00914. The average molecular weight is 477 g/mol. The van der Waals surface area contributed by atoms with Gasteiger partial charge in [-0.15, -0.1) is 0 Å². The van der Waals surface area contributed by atoms with Gasteiger partial charge in [0.05, 0.1) is 19.4 Å². The number of Topliss-reactive ketones (excluding diaryl/α,β-unsaturated/α-hetero) is 1. The summed E-state index contributed by atoms with van der Waals surface area (Å²) < 4.78 is 11.0. The molecular formula is C28H32N2O5. The van der Waals surface area contributed by atoms with Crippen LogP contribution >= 0.6 is 0 Å². The van der Waals surface area contributed by atoms with Gasteiger partial charge in [-0.2, -0.15) is 0 Å². The SMILES string of the molecule is CCOc1cc([C@H]2C(C(=O)Nc3ccccc3OC)=C(C)NC3=C2C(=O)CC(C)(C)C3)ccc1O. The third-order valence-electron chi connectivity index (χ3n) is 6.46. The Morgan fingerprint density at radius 3 is 2.63 bits per heavy atom. The highest BCUT2D eigenvalue weighted by Crippen LogP contribution is 2.48. The first-order valence-corrected chi connectivity index (χ1v) is 11.8. The molecular weight excluding hydrogens is 444 g/mol. The van der Waals surface area contributed by atoms with Crippen molar-refractivity contribution in [3.05, 3.63) is 70.6 Å². The minimum Gasteiger partial charge on any atom is -0.504 e. The number of hydrogen-bond donors (Lipinski definition) is 3. The number of phenolic OH excluding ortho intramolecular Hbond substituents is 1. The van der Waals surface area contributed by atoms with Gasteiger partial charge in [0, 0.05) is 34.9 Å². The van der Waals surface area contributed by atoms with Crippen LogP contribution in [0.2, 0.25) is 0 Å². The molecule has 0 radical (unpaired) electrons. The lowest BCUT2D eigenvalue weighted by molar-refractivity contribution is -0.118. The van der Waals surface area contributed by atoms with E-state index in [1.54, 1.807) is 37.4 Å². The first-order valence-electron chi connectivity index (χ1n) is 11.8. The average Bonchev–Trinajstić information content (AvgIpc) is 2.79. The molecule has 0 saturated heterocycles. The van der Waals surface area contributed by atoms with Crippen molar-refractivity contribution >= 4 is 17.4 Å². The number of dihydropyridines is 1. The number of para-hydroxylation sites is 2. The molecule has 4 rings (SSSR count). The number of anilines is 1. The van der Waals surface area contributed by atoms with E-state index in [4.69, 9.17) is 9.47 Å². The molecule has 35 heavy (non-hydrogen) atoms. The number of carbonyl (C=O) groups is 2. The molecule has 2 aliphatic rings. The highest BCUT2D eigenvalue weighted by molar-refractivity contribution is 6.10. The van der Waals surface area contributed by atoms with Crippen LogP contribution in [0.1, 0.15) is 52.0 Å². The predicted octanol–water partition coefficient (Wildman–Crippen LogP) is 5.04. The summed E-state index contributed by atoms with van der Waals surface area (Å²) in [6.45, 7) is 8.20. The van der Waals surface area contributed by atoms with Crippen molar-refractivity contribution in [3.63, 3.8) is 0 Å². The van der Waals surface area contributed by atoms with Crippen LogP contribution in [0, 0.1) is 5.41 Å². The predicted molar refractivity (Wildman–Crippen MR) is 135 cm³/mol. The van der Waals surface area contributed by atoms with Crippen LogP contribution in [0.3, 0.4) is 0 Å². The molecule has 0 spiro atoms. The van der Waals surface area contributed by atoms with Crippen molar-refractivity contribution in [2.75, 3.05) is 19.0 Å². The Morgan fingerprint density at radius 1 is 1.17 bits per heavy atom. The van der Waals surface area contributed by atoms with Crippen molar-refractivity contribution in [1.82, 2.24) is 5.32 Å². The quantitative estimate of drug-likeness (QED) is 0.540. The second-order valence-corrected chi connectivity index (χ2v) is 9.74. The fourth-order valence-electron chi connectivity index (χ4n) is 4.99. The summed E-state index contributed by atoms with van der Waals surface area (Å²) in [5.74, 6) is -0.0657. The van der Waals surface area contributed by atoms with Crippen molar-refractivity contribution in [2.24, 2.45) is 5.41 Å². The Labute approximate surface area is 205 Å². The maximum atomic E-state index is 13.7. The van der Waals surface area contributed by atoms with Gasteiger partial charge >= 0.3 is 0 Å². The van der Waals surface area contributed by atoms with E-state index in [1.165, 1.54) is 0 Å². The molecule has 2 aromatic rings. The van der Waals surface area contributed by atoms with Gasteiger partial charge in [-0.05, 0) is 55.5 Å². The molecule has 184 valence electrons. The van der Waals surface area contributed by atoms with Gasteiger partial charge in [0.2, 0.25) is 0 Å². The summed E-state index contributed by atoms with van der Waals surface area (Å²) in [7, 11) is 1.55. The molecule has 0 aromatic heterocycles. The van der Waals surface area contributed by atoms with Crippen LogP contribution < -0.4 is 20.1 Å². The zero-order valence-electron chi connectivity index (χ0n) is 20.8. The van der Waals surface area contributed by atoms with Crippen LogP contribution in [-0.2, 0) is 9.59 Å². The van der Waals surface area contributed by atoms with Crippen LogP contribution in [0.25, 0.3) is 0 Å². The zero-order valence-corrected chi connectivity index (χ0v) is 20.8. The molecule has 1 aliphatic carbocycles. The Balaban J connectivity index is 1.84. The summed E-state index contributed by atoms with van der Waals surface area (Å²) >= 11 is 0. The number of hydrogen-bond acceptors (Lipinski definition) is 6. The number of nitrogens with one attached hydrogen (secondary N) is 2. The van der Waals surface area contributed by atoms with Crippen LogP contribution in [0.5, 0.6) is 17.2 Å². The lowest BCUT2D eigenvalue weighted by Crippen LogP contribution is -2.39. The maximum absolute atomic E-state index is 13.7. The fraction of sp³-hybridized carbons (Fsp3) is 0.357. The summed E-state index contributed by atoms with van der Waals surface area (Å²) in [4.78, 5) is 27.2. The molecule has 1 heterocycles. The Bertz CT molecular complexity index is 1240. The van der Waals surface area contributed by atoms with Crippen molar-refractivity contribution in [2.45, 2.75) is 46.5 Å². The molecule has 0 unspecified atom stereocenters. The summed E-state index contributed by atoms with van der Waals surface area (Å²) in [5.41, 5.74) is 3.61. The molecule has 3 N–H and O–H groups in total. The molecule has 7 heteroatoms. The number of methoxy groups -OCH3 is 1. The van der Waals surface area contributed by atoms with Crippen molar-refractivity contribution in [1.29, 1.82) is 0 Å². The molecule has 2 aromatic carbocycles. The van der Waals surface area contributed by atoms with E-state index in [1.807, 2.05) is 26.0 Å². The zero-order chi connectivity index (χ0) is 25.3. The molecule has 1 aliphatic heterocycles. The lowest BCUT2D eigenvalue weighted by atomic mass is 9.68. The standard InChI is InChI=1S/C28H32N2O5/c1-6-35-23-13-17(11-12-20(23)31)25-24(27(33)30-18-9-7-8-10-22(18)34-5)16(2)29-19-14-28(3,4)15-21(32)26(19)25/h7-13,25,29,31H,6,14-15H2,1-5H3,(H,30,33)/t25-/m0/s1. The second-order valence-electron chi connectivity index (χ2n) is 9.74. The lowest BCUT2D eigenvalue weighted by Gasteiger charge is -2.39. The number of ether oxygens (including phenoxy) is 2.